The van der Waals surface area contributed by atoms with Crippen molar-refractivity contribution in [2.45, 2.75) is 13.3 Å². The maximum absolute atomic E-state index is 12.1. The monoisotopic (exact) mass is 305 g/mol. The number of nitrogens with zero attached hydrogens (tertiary/aromatic N) is 1. The summed E-state index contributed by atoms with van der Waals surface area (Å²) in [5, 5.41) is 3.00. The molecule has 2 aromatic carbocycles. The Labute approximate surface area is 116 Å². The van der Waals surface area contributed by atoms with E-state index in [-0.39, 0.29) is 5.91 Å². The zero-order chi connectivity index (χ0) is 13.0. The van der Waals surface area contributed by atoms with E-state index < -0.39 is 0 Å². The third-order valence-electron chi connectivity index (χ3n) is 2.98. The third-order valence-corrected chi connectivity index (χ3v) is 3.38. The number of fused-ring (bicyclic) bond motifs is 1. The van der Waals surface area contributed by atoms with Crippen LogP contribution in [0.3, 0.4) is 0 Å². The van der Waals surface area contributed by atoms with Crippen molar-refractivity contribution < 1.29 is 4.79 Å². The highest BCUT2D eigenvalue weighted by Gasteiger charge is 2.14. The van der Waals surface area contributed by atoms with Crippen molar-refractivity contribution in [3.05, 3.63) is 42.5 Å². The Hall–Kier alpha value is -1.35. The molecule has 0 bridgehead atoms. The van der Waals surface area contributed by atoms with Gasteiger partial charge in [-0.25, -0.2) is 0 Å². The lowest BCUT2D eigenvalue weighted by molar-refractivity contribution is -0.118. The molecule has 0 aliphatic rings. The molecule has 0 saturated carbocycles. The molecule has 3 heteroatoms. The first-order valence-electron chi connectivity index (χ1n) is 6.12. The Bertz CT molecular complexity index is 548. The summed E-state index contributed by atoms with van der Waals surface area (Å²) in [6.07, 6.45) is 0.525. The predicted molar refractivity (Wildman–Crippen MR) is 80.4 cm³/mol. The second-order valence-electron chi connectivity index (χ2n) is 4.08. The van der Waals surface area contributed by atoms with E-state index in [1.807, 2.05) is 36.1 Å². The van der Waals surface area contributed by atoms with E-state index in [0.717, 1.165) is 11.1 Å². The highest BCUT2D eigenvalue weighted by atomic mass is 79.9. The molecule has 94 valence electrons. The summed E-state index contributed by atoms with van der Waals surface area (Å²) < 4.78 is 0. The lowest BCUT2D eigenvalue weighted by Gasteiger charge is -2.22. The van der Waals surface area contributed by atoms with E-state index in [4.69, 9.17) is 0 Å². The van der Waals surface area contributed by atoms with Crippen LogP contribution in [0.5, 0.6) is 0 Å². The summed E-state index contributed by atoms with van der Waals surface area (Å²) in [6.45, 7) is 2.70. The first kappa shape index (κ1) is 13.1. The van der Waals surface area contributed by atoms with E-state index in [9.17, 15) is 4.79 Å². The van der Waals surface area contributed by atoms with E-state index in [1.165, 1.54) is 5.39 Å². The van der Waals surface area contributed by atoms with Gasteiger partial charge in [0.15, 0.2) is 0 Å². The number of halogens is 1. The van der Waals surface area contributed by atoms with E-state index in [2.05, 4.69) is 34.1 Å². The molecular formula is C15H16BrNO. The highest BCUT2D eigenvalue weighted by Crippen LogP contribution is 2.27. The lowest BCUT2D eigenvalue weighted by Crippen LogP contribution is -2.30. The van der Waals surface area contributed by atoms with Crippen LogP contribution in [0.1, 0.15) is 13.3 Å². The molecule has 0 atom stereocenters. The number of anilines is 1. The molecule has 2 nitrogen and oxygen atoms in total. The smallest absolute Gasteiger partial charge is 0.227 e. The molecule has 2 rings (SSSR count). The Morgan fingerprint density at radius 1 is 1.17 bits per heavy atom. The van der Waals surface area contributed by atoms with Crippen LogP contribution in [-0.4, -0.2) is 17.8 Å². The summed E-state index contributed by atoms with van der Waals surface area (Å²) >= 11 is 3.32. The standard InChI is InChI=1S/C15H16BrNO/c1-2-17(15(18)10-11-16)14-9-5-7-12-6-3-4-8-13(12)14/h3-9H,2,10-11H2,1H3. The molecular weight excluding hydrogens is 290 g/mol. The summed E-state index contributed by atoms with van der Waals surface area (Å²) in [5.41, 5.74) is 1.00. The van der Waals surface area contributed by atoms with Crippen molar-refractivity contribution in [3.63, 3.8) is 0 Å². The molecule has 0 fully saturated rings. The van der Waals surface area contributed by atoms with Crippen molar-refractivity contribution in [1.29, 1.82) is 0 Å². The van der Waals surface area contributed by atoms with Crippen LogP contribution in [0.4, 0.5) is 5.69 Å². The van der Waals surface area contributed by atoms with Crippen LogP contribution in [0.25, 0.3) is 10.8 Å². The van der Waals surface area contributed by atoms with Gasteiger partial charge in [-0.3, -0.25) is 4.79 Å². The maximum Gasteiger partial charge on any atom is 0.227 e. The number of carbonyl (C=O) groups excluding carboxylic acids is 1. The minimum atomic E-state index is 0.158. The molecule has 2 aromatic rings. The minimum Gasteiger partial charge on any atom is -0.312 e. The Morgan fingerprint density at radius 2 is 1.89 bits per heavy atom. The third kappa shape index (κ3) is 2.56. The van der Waals surface area contributed by atoms with Gasteiger partial charge in [0, 0.05) is 23.7 Å². The van der Waals surface area contributed by atoms with Crippen LogP contribution >= 0.6 is 15.9 Å². The first-order valence-corrected chi connectivity index (χ1v) is 7.24. The van der Waals surface area contributed by atoms with E-state index in [1.54, 1.807) is 0 Å². The Morgan fingerprint density at radius 3 is 2.61 bits per heavy atom. The number of carbonyl (C=O) groups is 1. The van der Waals surface area contributed by atoms with Crippen molar-refractivity contribution in [1.82, 2.24) is 0 Å². The zero-order valence-electron chi connectivity index (χ0n) is 10.4. The van der Waals surface area contributed by atoms with Crippen molar-refractivity contribution in [2.24, 2.45) is 0 Å². The van der Waals surface area contributed by atoms with Crippen LogP contribution < -0.4 is 4.90 Å². The fraction of sp³-hybridized carbons (Fsp3) is 0.267. The molecule has 0 aliphatic heterocycles. The van der Waals surface area contributed by atoms with Gasteiger partial charge in [0.25, 0.3) is 0 Å². The Balaban J connectivity index is 2.48. The number of hydrogen-bond acceptors (Lipinski definition) is 1. The van der Waals surface area contributed by atoms with Crippen LogP contribution in [-0.2, 0) is 4.79 Å². The lowest BCUT2D eigenvalue weighted by atomic mass is 10.1. The SMILES string of the molecule is CCN(C(=O)CCBr)c1cccc2ccccc12. The summed E-state index contributed by atoms with van der Waals surface area (Å²) in [6, 6.07) is 14.2. The average Bonchev–Trinajstić information content (AvgIpc) is 2.40. The minimum absolute atomic E-state index is 0.158. The molecule has 0 N–H and O–H groups in total. The van der Waals surface area contributed by atoms with Crippen LogP contribution in [0.15, 0.2) is 42.5 Å². The normalized spacial score (nSPS) is 10.6. The van der Waals surface area contributed by atoms with Crippen LogP contribution in [0, 0.1) is 0 Å². The van der Waals surface area contributed by atoms with Crippen molar-refractivity contribution >= 4 is 38.3 Å². The van der Waals surface area contributed by atoms with Gasteiger partial charge in [-0.2, -0.15) is 0 Å². The van der Waals surface area contributed by atoms with Crippen molar-refractivity contribution in [2.75, 3.05) is 16.8 Å². The van der Waals surface area contributed by atoms with Gasteiger partial charge in [-0.1, -0.05) is 52.3 Å². The molecule has 1 amide bonds. The predicted octanol–water partition coefficient (Wildman–Crippen LogP) is 3.98. The topological polar surface area (TPSA) is 20.3 Å². The van der Waals surface area contributed by atoms with Gasteiger partial charge in [0.05, 0.1) is 5.69 Å². The summed E-state index contributed by atoms with van der Waals surface area (Å²) in [5.74, 6) is 0.158. The molecule has 0 aromatic heterocycles. The molecule has 0 unspecified atom stereocenters. The second-order valence-corrected chi connectivity index (χ2v) is 4.87. The maximum atomic E-state index is 12.1. The summed E-state index contributed by atoms with van der Waals surface area (Å²) in [4.78, 5) is 14.0. The zero-order valence-corrected chi connectivity index (χ0v) is 12.0. The number of hydrogen-bond donors (Lipinski definition) is 0. The van der Waals surface area contributed by atoms with Gasteiger partial charge >= 0.3 is 0 Å². The largest absolute Gasteiger partial charge is 0.312 e. The average molecular weight is 306 g/mol. The Kier molecular flexibility index (Phi) is 4.37. The molecule has 0 radical (unpaired) electrons. The molecule has 18 heavy (non-hydrogen) atoms. The highest BCUT2D eigenvalue weighted by molar-refractivity contribution is 9.09. The second kappa shape index (κ2) is 6.01. The molecule has 0 heterocycles. The first-order chi connectivity index (χ1) is 8.77. The number of benzene rings is 2. The van der Waals surface area contributed by atoms with Gasteiger partial charge in [0.1, 0.15) is 0 Å². The molecule has 0 saturated heterocycles. The number of amides is 1. The van der Waals surface area contributed by atoms with Gasteiger partial charge in [0.2, 0.25) is 5.91 Å². The van der Waals surface area contributed by atoms with Gasteiger partial charge in [-0.05, 0) is 18.4 Å². The summed E-state index contributed by atoms with van der Waals surface area (Å²) in [7, 11) is 0. The number of rotatable bonds is 4. The van der Waals surface area contributed by atoms with Gasteiger partial charge in [-0.15, -0.1) is 0 Å². The fourth-order valence-electron chi connectivity index (χ4n) is 2.14. The van der Waals surface area contributed by atoms with E-state index >= 15 is 0 Å². The fourth-order valence-corrected chi connectivity index (χ4v) is 2.48. The molecule has 0 spiro atoms. The molecule has 0 aliphatic carbocycles. The van der Waals surface area contributed by atoms with Crippen molar-refractivity contribution in [3.8, 4) is 0 Å². The number of alkyl halides is 1. The van der Waals surface area contributed by atoms with Gasteiger partial charge < -0.3 is 4.90 Å². The van der Waals surface area contributed by atoms with Crippen LogP contribution in [0.2, 0.25) is 0 Å². The van der Waals surface area contributed by atoms with E-state index in [0.29, 0.717) is 18.3 Å². The quantitative estimate of drug-likeness (QED) is 0.783.